The number of nitrogens with one attached hydrogen (secondary N) is 1. The molecular weight excluding hydrogens is 444 g/mol. The van der Waals surface area contributed by atoms with Gasteiger partial charge in [-0.05, 0) is 36.4 Å². The van der Waals surface area contributed by atoms with Gasteiger partial charge in [-0.1, -0.05) is 40.5 Å². The van der Waals surface area contributed by atoms with Gasteiger partial charge in [0, 0.05) is 10.2 Å². The maximum atomic E-state index is 12.6. The molecule has 1 fully saturated rings. The zero-order valence-electron chi connectivity index (χ0n) is 13.6. The highest BCUT2D eigenvalue weighted by Crippen LogP contribution is 2.31. The van der Waals surface area contributed by atoms with Crippen LogP contribution in [0.1, 0.15) is 17.3 Å². The first-order valence-corrected chi connectivity index (χ1v) is 10.4. The Hall–Kier alpha value is -1.90. The van der Waals surface area contributed by atoms with E-state index in [1.54, 1.807) is 25.1 Å². The standard InChI is InChI=1S/C17H14BrClN2O4S/c1-10-9-26(24,25)21(17(10)23)13-5-6-15(19)14(8-13)16(22)20-12-4-2-3-11(18)7-12/h2-8,10H,9H2,1H3,(H,20,22). The normalized spacial score (nSPS) is 18.8. The number of halogens is 2. The monoisotopic (exact) mass is 456 g/mol. The molecule has 1 unspecified atom stereocenters. The highest BCUT2D eigenvalue weighted by Gasteiger charge is 2.42. The van der Waals surface area contributed by atoms with Crippen molar-refractivity contribution in [2.45, 2.75) is 6.92 Å². The van der Waals surface area contributed by atoms with E-state index in [0.717, 1.165) is 8.78 Å². The molecule has 0 bridgehead atoms. The molecule has 26 heavy (non-hydrogen) atoms. The molecule has 3 rings (SSSR count). The predicted molar refractivity (Wildman–Crippen MR) is 104 cm³/mol. The summed E-state index contributed by atoms with van der Waals surface area (Å²) < 4.78 is 26.0. The van der Waals surface area contributed by atoms with Crippen molar-refractivity contribution in [1.82, 2.24) is 0 Å². The molecule has 1 heterocycles. The highest BCUT2D eigenvalue weighted by atomic mass is 79.9. The van der Waals surface area contributed by atoms with Gasteiger partial charge in [0.15, 0.2) is 0 Å². The maximum Gasteiger partial charge on any atom is 0.257 e. The molecule has 1 saturated heterocycles. The maximum absolute atomic E-state index is 12.6. The first-order valence-electron chi connectivity index (χ1n) is 7.62. The largest absolute Gasteiger partial charge is 0.322 e. The van der Waals surface area contributed by atoms with Gasteiger partial charge in [0.25, 0.3) is 5.91 Å². The first kappa shape index (κ1) is 18.9. The fraction of sp³-hybridized carbons (Fsp3) is 0.176. The van der Waals surface area contributed by atoms with Crippen molar-refractivity contribution in [3.63, 3.8) is 0 Å². The van der Waals surface area contributed by atoms with Crippen LogP contribution in [-0.2, 0) is 14.8 Å². The Morgan fingerprint density at radius 3 is 2.62 bits per heavy atom. The van der Waals surface area contributed by atoms with Crippen molar-refractivity contribution in [2.75, 3.05) is 15.4 Å². The Bertz CT molecular complexity index is 1010. The highest BCUT2D eigenvalue weighted by molar-refractivity contribution is 9.10. The van der Waals surface area contributed by atoms with E-state index >= 15 is 0 Å². The quantitative estimate of drug-likeness (QED) is 0.762. The smallest absolute Gasteiger partial charge is 0.257 e. The van der Waals surface area contributed by atoms with E-state index < -0.39 is 27.8 Å². The summed E-state index contributed by atoms with van der Waals surface area (Å²) in [5.74, 6) is -1.92. The number of rotatable bonds is 3. The Morgan fingerprint density at radius 1 is 1.27 bits per heavy atom. The van der Waals surface area contributed by atoms with Crippen LogP contribution in [0.2, 0.25) is 5.02 Å². The summed E-state index contributed by atoms with van der Waals surface area (Å²) in [6, 6.07) is 11.1. The molecule has 0 spiro atoms. The van der Waals surface area contributed by atoms with Crippen LogP contribution >= 0.6 is 27.5 Å². The molecule has 0 saturated carbocycles. The van der Waals surface area contributed by atoms with Gasteiger partial charge in [-0.2, -0.15) is 0 Å². The third-order valence-corrected chi connectivity index (χ3v) is 6.56. The predicted octanol–water partition coefficient (Wildman–Crippen LogP) is 3.67. The molecule has 9 heteroatoms. The van der Waals surface area contributed by atoms with E-state index in [-0.39, 0.29) is 22.0 Å². The zero-order chi connectivity index (χ0) is 19.1. The number of benzene rings is 2. The SMILES string of the molecule is CC1CS(=O)(=O)N(c2ccc(Cl)c(C(=O)Nc3cccc(Br)c3)c2)C1=O. The second-order valence-electron chi connectivity index (χ2n) is 5.91. The summed E-state index contributed by atoms with van der Waals surface area (Å²) in [4.78, 5) is 24.8. The topological polar surface area (TPSA) is 83.6 Å². The molecule has 136 valence electrons. The van der Waals surface area contributed by atoms with E-state index in [2.05, 4.69) is 21.2 Å². The van der Waals surface area contributed by atoms with E-state index in [0.29, 0.717) is 5.69 Å². The lowest BCUT2D eigenvalue weighted by molar-refractivity contribution is -0.119. The molecule has 0 radical (unpaired) electrons. The fourth-order valence-electron chi connectivity index (χ4n) is 2.67. The number of hydrogen-bond donors (Lipinski definition) is 1. The molecule has 2 aromatic carbocycles. The van der Waals surface area contributed by atoms with Crippen molar-refractivity contribution >= 4 is 60.7 Å². The summed E-state index contributed by atoms with van der Waals surface area (Å²) in [6.07, 6.45) is 0. The fourth-order valence-corrected chi connectivity index (χ4v) is 5.08. The summed E-state index contributed by atoms with van der Waals surface area (Å²) in [7, 11) is -3.76. The minimum Gasteiger partial charge on any atom is -0.322 e. The lowest BCUT2D eigenvalue weighted by Crippen LogP contribution is -2.30. The van der Waals surface area contributed by atoms with Gasteiger partial charge in [-0.3, -0.25) is 9.59 Å². The first-order chi connectivity index (χ1) is 12.2. The van der Waals surface area contributed by atoms with Gasteiger partial charge >= 0.3 is 0 Å². The molecule has 0 aromatic heterocycles. The molecule has 1 aliphatic heterocycles. The Balaban J connectivity index is 1.95. The van der Waals surface area contributed by atoms with Crippen LogP contribution in [0.25, 0.3) is 0 Å². The minimum atomic E-state index is -3.76. The summed E-state index contributed by atoms with van der Waals surface area (Å²) in [6.45, 7) is 1.55. The molecule has 0 aliphatic carbocycles. The van der Waals surface area contributed by atoms with Crippen molar-refractivity contribution in [3.05, 3.63) is 57.5 Å². The second-order valence-corrected chi connectivity index (χ2v) is 9.10. The molecule has 2 amide bonds. The average molecular weight is 458 g/mol. The summed E-state index contributed by atoms with van der Waals surface area (Å²) >= 11 is 9.42. The van der Waals surface area contributed by atoms with Crippen LogP contribution in [0.4, 0.5) is 11.4 Å². The van der Waals surface area contributed by atoms with Crippen LogP contribution in [0.5, 0.6) is 0 Å². The number of nitrogens with zero attached hydrogens (tertiary/aromatic N) is 1. The zero-order valence-corrected chi connectivity index (χ0v) is 16.7. The van der Waals surface area contributed by atoms with Crippen molar-refractivity contribution in [2.24, 2.45) is 5.92 Å². The average Bonchev–Trinajstić information content (AvgIpc) is 2.76. The van der Waals surface area contributed by atoms with Gasteiger partial charge in [0.1, 0.15) is 0 Å². The minimum absolute atomic E-state index is 0.0756. The Labute approximate surface area is 164 Å². The lowest BCUT2D eigenvalue weighted by atomic mass is 10.1. The lowest BCUT2D eigenvalue weighted by Gasteiger charge is -2.17. The van der Waals surface area contributed by atoms with Crippen LogP contribution in [0, 0.1) is 5.92 Å². The number of anilines is 2. The Morgan fingerprint density at radius 2 is 2.00 bits per heavy atom. The summed E-state index contributed by atoms with van der Waals surface area (Å²) in [5, 5.41) is 2.84. The number of amides is 2. The second kappa shape index (κ2) is 7.02. The van der Waals surface area contributed by atoms with E-state index in [1.807, 2.05) is 6.07 Å². The molecule has 1 atom stereocenters. The summed E-state index contributed by atoms with van der Waals surface area (Å²) in [5.41, 5.74) is 0.721. The van der Waals surface area contributed by atoms with Crippen molar-refractivity contribution < 1.29 is 18.0 Å². The molecule has 1 N–H and O–H groups in total. The van der Waals surface area contributed by atoms with Gasteiger partial charge in [0.2, 0.25) is 15.9 Å². The van der Waals surface area contributed by atoms with Crippen LogP contribution in [-0.4, -0.2) is 26.0 Å². The number of sulfonamides is 1. The van der Waals surface area contributed by atoms with Crippen LogP contribution < -0.4 is 9.62 Å². The molecule has 1 aliphatic rings. The van der Waals surface area contributed by atoms with Gasteiger partial charge < -0.3 is 5.32 Å². The van der Waals surface area contributed by atoms with Gasteiger partial charge in [-0.25, -0.2) is 12.7 Å². The van der Waals surface area contributed by atoms with Crippen molar-refractivity contribution in [1.29, 1.82) is 0 Å². The molecular formula is C17H14BrClN2O4S. The van der Waals surface area contributed by atoms with Crippen molar-refractivity contribution in [3.8, 4) is 0 Å². The third-order valence-electron chi connectivity index (χ3n) is 3.87. The number of hydrogen-bond acceptors (Lipinski definition) is 4. The van der Waals surface area contributed by atoms with Gasteiger partial charge in [-0.15, -0.1) is 0 Å². The van der Waals surface area contributed by atoms with Gasteiger partial charge in [0.05, 0.1) is 27.9 Å². The van der Waals surface area contributed by atoms with Crippen LogP contribution in [0.3, 0.4) is 0 Å². The molecule has 6 nitrogen and oxygen atoms in total. The van der Waals surface area contributed by atoms with Crippen LogP contribution in [0.15, 0.2) is 46.9 Å². The van der Waals surface area contributed by atoms with E-state index in [9.17, 15) is 18.0 Å². The van der Waals surface area contributed by atoms with E-state index in [4.69, 9.17) is 11.6 Å². The molecule has 2 aromatic rings. The number of carbonyl (C=O) groups excluding carboxylic acids is 2. The Kier molecular flexibility index (Phi) is 5.09. The number of carbonyl (C=O) groups is 2. The third kappa shape index (κ3) is 3.62. The van der Waals surface area contributed by atoms with E-state index in [1.165, 1.54) is 18.2 Å².